The van der Waals surface area contributed by atoms with E-state index in [9.17, 15) is 4.39 Å². The van der Waals surface area contributed by atoms with Gasteiger partial charge in [0.15, 0.2) is 5.84 Å². The summed E-state index contributed by atoms with van der Waals surface area (Å²) in [5, 5.41) is 11.6. The van der Waals surface area contributed by atoms with Crippen LogP contribution in [0.3, 0.4) is 0 Å². The molecule has 0 bridgehead atoms. The van der Waals surface area contributed by atoms with Crippen LogP contribution in [0.15, 0.2) is 23.4 Å². The van der Waals surface area contributed by atoms with Crippen molar-refractivity contribution < 1.29 is 14.3 Å². The van der Waals surface area contributed by atoms with Gasteiger partial charge in [-0.2, -0.15) is 0 Å². The number of amidine groups is 1. The van der Waals surface area contributed by atoms with E-state index in [4.69, 9.17) is 15.7 Å². The molecule has 0 amide bonds. The number of hydrogen-bond donors (Lipinski definition) is 2. The number of nitrogens with two attached hydrogens (primary N) is 1. The Morgan fingerprint density at radius 2 is 1.95 bits per heavy atom. The molecule has 104 valence electrons. The summed E-state index contributed by atoms with van der Waals surface area (Å²) in [6.07, 6.45) is 6.69. The molecular formula is C14H19FN2O2. The van der Waals surface area contributed by atoms with Gasteiger partial charge in [-0.15, -0.1) is 0 Å². The molecule has 2 rings (SSSR count). The molecule has 0 spiro atoms. The van der Waals surface area contributed by atoms with Crippen LogP contribution in [0.2, 0.25) is 0 Å². The summed E-state index contributed by atoms with van der Waals surface area (Å²) >= 11 is 0. The average Bonchev–Trinajstić information content (AvgIpc) is 2.67. The number of ether oxygens (including phenoxy) is 1. The maximum Gasteiger partial charge on any atom is 0.176 e. The molecule has 1 fully saturated rings. The minimum Gasteiger partial charge on any atom is -0.490 e. The molecule has 0 heterocycles. The Labute approximate surface area is 112 Å². The van der Waals surface area contributed by atoms with Gasteiger partial charge in [-0.25, -0.2) is 4.39 Å². The summed E-state index contributed by atoms with van der Waals surface area (Å²) in [5.74, 6) is -0.453. The second kappa shape index (κ2) is 6.41. The van der Waals surface area contributed by atoms with Gasteiger partial charge in [0.05, 0.1) is 11.7 Å². The van der Waals surface area contributed by atoms with E-state index in [0.29, 0.717) is 5.75 Å². The zero-order valence-corrected chi connectivity index (χ0v) is 10.8. The summed E-state index contributed by atoms with van der Waals surface area (Å²) in [7, 11) is 0. The van der Waals surface area contributed by atoms with Crippen LogP contribution in [-0.4, -0.2) is 17.1 Å². The highest BCUT2D eigenvalue weighted by atomic mass is 19.1. The molecule has 0 unspecified atom stereocenters. The zero-order valence-electron chi connectivity index (χ0n) is 10.8. The normalized spacial score (nSPS) is 18.1. The first-order valence-corrected chi connectivity index (χ1v) is 6.65. The number of nitrogens with zero attached hydrogens (tertiary/aromatic N) is 1. The molecule has 0 aliphatic heterocycles. The number of benzene rings is 1. The van der Waals surface area contributed by atoms with Gasteiger partial charge in [0.25, 0.3) is 0 Å². The third-order valence-electron chi connectivity index (χ3n) is 3.44. The van der Waals surface area contributed by atoms with Crippen LogP contribution in [0.5, 0.6) is 5.75 Å². The number of halogens is 1. The molecule has 0 radical (unpaired) electrons. The van der Waals surface area contributed by atoms with Crippen molar-refractivity contribution in [2.24, 2.45) is 10.9 Å². The van der Waals surface area contributed by atoms with Crippen molar-refractivity contribution >= 4 is 5.84 Å². The SMILES string of the molecule is NC(=NO)c1c(F)cccc1OC1CCCCCC1. The van der Waals surface area contributed by atoms with E-state index in [0.717, 1.165) is 25.7 Å². The Balaban J connectivity index is 2.21. The largest absolute Gasteiger partial charge is 0.490 e. The van der Waals surface area contributed by atoms with Crippen molar-refractivity contribution in [2.75, 3.05) is 0 Å². The Morgan fingerprint density at radius 1 is 1.26 bits per heavy atom. The third-order valence-corrected chi connectivity index (χ3v) is 3.44. The molecule has 1 aromatic carbocycles. The maximum atomic E-state index is 13.8. The smallest absolute Gasteiger partial charge is 0.176 e. The minimum absolute atomic E-state index is 0.0363. The zero-order chi connectivity index (χ0) is 13.7. The van der Waals surface area contributed by atoms with Gasteiger partial charge in [0, 0.05) is 0 Å². The van der Waals surface area contributed by atoms with E-state index in [1.807, 2.05) is 0 Å². The van der Waals surface area contributed by atoms with E-state index in [-0.39, 0.29) is 17.5 Å². The number of oxime groups is 1. The van der Waals surface area contributed by atoms with Gasteiger partial charge in [0.1, 0.15) is 11.6 Å². The quantitative estimate of drug-likeness (QED) is 0.290. The van der Waals surface area contributed by atoms with Crippen LogP contribution in [-0.2, 0) is 0 Å². The Kier molecular flexibility index (Phi) is 4.60. The molecule has 0 aromatic heterocycles. The van der Waals surface area contributed by atoms with E-state index >= 15 is 0 Å². The lowest BCUT2D eigenvalue weighted by Gasteiger charge is -2.19. The van der Waals surface area contributed by atoms with Gasteiger partial charge in [-0.1, -0.05) is 24.1 Å². The second-order valence-electron chi connectivity index (χ2n) is 4.83. The van der Waals surface area contributed by atoms with E-state index in [1.165, 1.54) is 18.9 Å². The van der Waals surface area contributed by atoms with E-state index < -0.39 is 5.82 Å². The Morgan fingerprint density at radius 3 is 2.58 bits per heavy atom. The molecule has 3 N–H and O–H groups in total. The molecule has 1 aliphatic carbocycles. The summed E-state index contributed by atoms with van der Waals surface area (Å²) in [6, 6.07) is 4.49. The average molecular weight is 266 g/mol. The van der Waals surface area contributed by atoms with Crippen LogP contribution in [0.25, 0.3) is 0 Å². The molecule has 19 heavy (non-hydrogen) atoms. The minimum atomic E-state index is -0.540. The lowest BCUT2D eigenvalue weighted by atomic mass is 10.1. The highest BCUT2D eigenvalue weighted by Crippen LogP contribution is 2.27. The summed E-state index contributed by atoms with van der Waals surface area (Å²) < 4.78 is 19.6. The monoisotopic (exact) mass is 266 g/mol. The van der Waals surface area contributed by atoms with Gasteiger partial charge in [-0.3, -0.25) is 0 Å². The van der Waals surface area contributed by atoms with Crippen molar-refractivity contribution in [1.29, 1.82) is 0 Å². The fraction of sp³-hybridized carbons (Fsp3) is 0.500. The van der Waals surface area contributed by atoms with Crippen LogP contribution >= 0.6 is 0 Å². The fourth-order valence-corrected chi connectivity index (χ4v) is 2.44. The lowest BCUT2D eigenvalue weighted by molar-refractivity contribution is 0.182. The molecule has 4 nitrogen and oxygen atoms in total. The van der Waals surface area contributed by atoms with Crippen LogP contribution < -0.4 is 10.5 Å². The van der Waals surface area contributed by atoms with Gasteiger partial charge in [0.2, 0.25) is 0 Å². The molecule has 1 saturated carbocycles. The lowest BCUT2D eigenvalue weighted by Crippen LogP contribution is -2.21. The van der Waals surface area contributed by atoms with Crippen molar-refractivity contribution in [3.63, 3.8) is 0 Å². The van der Waals surface area contributed by atoms with Crippen molar-refractivity contribution in [1.82, 2.24) is 0 Å². The van der Waals surface area contributed by atoms with Gasteiger partial charge < -0.3 is 15.7 Å². The summed E-state index contributed by atoms with van der Waals surface area (Å²) in [4.78, 5) is 0. The molecule has 5 heteroatoms. The predicted octanol–water partition coefficient (Wildman–Crippen LogP) is 3.02. The van der Waals surface area contributed by atoms with E-state index in [1.54, 1.807) is 12.1 Å². The topological polar surface area (TPSA) is 67.8 Å². The highest BCUT2D eigenvalue weighted by Gasteiger charge is 2.19. The van der Waals surface area contributed by atoms with Crippen molar-refractivity contribution in [2.45, 2.75) is 44.6 Å². The van der Waals surface area contributed by atoms with Crippen LogP contribution in [0.1, 0.15) is 44.1 Å². The number of rotatable bonds is 3. The van der Waals surface area contributed by atoms with Gasteiger partial charge in [-0.05, 0) is 37.8 Å². The van der Waals surface area contributed by atoms with Crippen molar-refractivity contribution in [3.8, 4) is 5.75 Å². The van der Waals surface area contributed by atoms with Crippen LogP contribution in [0, 0.1) is 5.82 Å². The Bertz CT molecular complexity index is 455. The van der Waals surface area contributed by atoms with Crippen LogP contribution in [0.4, 0.5) is 4.39 Å². The first kappa shape index (κ1) is 13.6. The summed E-state index contributed by atoms with van der Waals surface area (Å²) in [6.45, 7) is 0. The van der Waals surface area contributed by atoms with E-state index in [2.05, 4.69) is 5.16 Å². The van der Waals surface area contributed by atoms with Crippen molar-refractivity contribution in [3.05, 3.63) is 29.6 Å². The second-order valence-corrected chi connectivity index (χ2v) is 4.83. The van der Waals surface area contributed by atoms with Gasteiger partial charge >= 0.3 is 0 Å². The first-order valence-electron chi connectivity index (χ1n) is 6.65. The third kappa shape index (κ3) is 3.36. The maximum absolute atomic E-state index is 13.8. The predicted molar refractivity (Wildman–Crippen MR) is 71.0 cm³/mol. The standard InChI is InChI=1S/C14H19FN2O2/c15-11-8-5-9-12(13(11)14(16)17-18)19-10-6-3-1-2-4-7-10/h5,8-10,18H,1-4,6-7H2,(H2,16,17). The molecule has 1 aromatic rings. The summed E-state index contributed by atoms with van der Waals surface area (Å²) in [5.41, 5.74) is 5.55. The molecule has 1 aliphatic rings. The molecule has 0 saturated heterocycles. The number of hydrogen-bond acceptors (Lipinski definition) is 3. The molecule has 0 atom stereocenters. The first-order chi connectivity index (χ1) is 9.22. The molecular weight excluding hydrogens is 247 g/mol. The highest BCUT2D eigenvalue weighted by molar-refractivity contribution is 5.99. The Hall–Kier alpha value is -1.78. The fourth-order valence-electron chi connectivity index (χ4n) is 2.44.